The minimum atomic E-state index is -0.262. The van der Waals surface area contributed by atoms with Crippen molar-refractivity contribution in [1.82, 2.24) is 5.32 Å². The molecule has 0 aliphatic carbocycles. The summed E-state index contributed by atoms with van der Waals surface area (Å²) in [5, 5.41) is 3.64. The van der Waals surface area contributed by atoms with E-state index in [-0.39, 0.29) is 11.9 Å². The summed E-state index contributed by atoms with van der Waals surface area (Å²) in [7, 11) is 1.88. The Balaban J connectivity index is 2.23. The lowest BCUT2D eigenvalue weighted by Crippen LogP contribution is -2.18. The molecule has 2 rings (SSSR count). The number of thiophene rings is 1. The molecule has 1 N–H and O–H groups in total. The number of likely N-dealkylation sites (N-methyl/N-ethyl adjacent to an activating group) is 1. The normalized spacial score (nSPS) is 12.7. The lowest BCUT2D eigenvalue weighted by Gasteiger charge is -2.15. The third-order valence-corrected chi connectivity index (χ3v) is 6.40. The second-order valence-electron chi connectivity index (χ2n) is 4.05. The fourth-order valence-electron chi connectivity index (χ4n) is 1.79. The van der Waals surface area contributed by atoms with E-state index in [0.717, 1.165) is 13.1 Å². The van der Waals surface area contributed by atoms with Crippen LogP contribution in [0.5, 0.6) is 0 Å². The largest absolute Gasteiger partial charge is 0.312 e. The van der Waals surface area contributed by atoms with Gasteiger partial charge in [0.2, 0.25) is 0 Å². The molecule has 0 aliphatic rings. The molecule has 1 unspecified atom stereocenters. The maximum Gasteiger partial charge on any atom is 0.127 e. The van der Waals surface area contributed by atoms with Crippen molar-refractivity contribution in [2.75, 3.05) is 7.05 Å². The lowest BCUT2D eigenvalue weighted by molar-refractivity contribution is 0.560. The van der Waals surface area contributed by atoms with Crippen LogP contribution in [0.2, 0.25) is 5.02 Å². The Kier molecular flexibility index (Phi) is 5.43. The molecule has 0 spiro atoms. The van der Waals surface area contributed by atoms with E-state index in [0.29, 0.717) is 17.0 Å². The maximum absolute atomic E-state index is 13.8. The zero-order valence-corrected chi connectivity index (χ0v) is 14.8. The summed E-state index contributed by atoms with van der Waals surface area (Å²) < 4.78 is 15.9. The van der Waals surface area contributed by atoms with Crippen LogP contribution < -0.4 is 5.32 Å². The van der Waals surface area contributed by atoms with Crippen LogP contribution in [-0.4, -0.2) is 7.05 Å². The van der Waals surface area contributed by atoms with E-state index >= 15 is 0 Å². The molecule has 2 aromatic rings. The van der Waals surface area contributed by atoms with E-state index in [1.807, 2.05) is 13.1 Å². The summed E-state index contributed by atoms with van der Waals surface area (Å²) in [5.74, 6) is -0.262. The van der Waals surface area contributed by atoms with Gasteiger partial charge in [0.1, 0.15) is 5.82 Å². The molecule has 1 atom stereocenters. The second kappa shape index (κ2) is 6.68. The minimum Gasteiger partial charge on any atom is -0.312 e. The molecule has 1 heterocycles. The van der Waals surface area contributed by atoms with Gasteiger partial charge in [0.25, 0.3) is 0 Å². The molecule has 1 aromatic carbocycles. The highest BCUT2D eigenvalue weighted by Crippen LogP contribution is 2.36. The van der Waals surface area contributed by atoms with Crippen LogP contribution in [0.1, 0.15) is 16.5 Å². The first kappa shape index (κ1) is 15.4. The van der Waals surface area contributed by atoms with E-state index in [1.165, 1.54) is 6.07 Å². The van der Waals surface area contributed by atoms with Gasteiger partial charge in [-0.1, -0.05) is 17.7 Å². The Morgan fingerprint density at radius 3 is 2.63 bits per heavy atom. The summed E-state index contributed by atoms with van der Waals surface area (Å²) in [6, 6.07) is 6.92. The molecule has 6 heteroatoms. The fourth-order valence-corrected chi connectivity index (χ4v) is 4.15. The molecule has 1 aromatic heterocycles. The summed E-state index contributed by atoms with van der Waals surface area (Å²) in [4.78, 5) is 1.15. The topological polar surface area (TPSA) is 12.0 Å². The van der Waals surface area contributed by atoms with Gasteiger partial charge in [-0.2, -0.15) is 0 Å². The molecule has 102 valence electrons. The lowest BCUT2D eigenvalue weighted by atomic mass is 10.0. The smallest absolute Gasteiger partial charge is 0.127 e. The van der Waals surface area contributed by atoms with Gasteiger partial charge in [-0.3, -0.25) is 0 Å². The van der Waals surface area contributed by atoms with Gasteiger partial charge in [-0.25, -0.2) is 4.39 Å². The van der Waals surface area contributed by atoms with Crippen LogP contribution in [0, 0.1) is 5.82 Å². The van der Waals surface area contributed by atoms with Crippen LogP contribution in [-0.2, 0) is 6.42 Å². The number of halogens is 4. The molecular weight excluding hydrogens is 416 g/mol. The molecule has 19 heavy (non-hydrogen) atoms. The van der Waals surface area contributed by atoms with E-state index in [1.54, 1.807) is 23.5 Å². The number of benzene rings is 1. The predicted molar refractivity (Wildman–Crippen MR) is 86.6 cm³/mol. The van der Waals surface area contributed by atoms with Crippen LogP contribution in [0.4, 0.5) is 4.39 Å². The quantitative estimate of drug-likeness (QED) is 0.673. The van der Waals surface area contributed by atoms with Crippen molar-refractivity contribution in [3.8, 4) is 0 Å². The van der Waals surface area contributed by atoms with Crippen molar-refractivity contribution in [2.24, 2.45) is 0 Å². The van der Waals surface area contributed by atoms with Gasteiger partial charge < -0.3 is 5.32 Å². The van der Waals surface area contributed by atoms with Crippen LogP contribution >= 0.6 is 54.8 Å². The maximum atomic E-state index is 13.8. The summed E-state index contributed by atoms with van der Waals surface area (Å²) in [6.07, 6.45) is 0.582. The number of nitrogens with one attached hydrogen (secondary N) is 1. The highest BCUT2D eigenvalue weighted by molar-refractivity contribution is 9.13. The molecule has 0 aliphatic heterocycles. The van der Waals surface area contributed by atoms with Crippen molar-refractivity contribution in [1.29, 1.82) is 0 Å². The van der Waals surface area contributed by atoms with E-state index in [9.17, 15) is 4.39 Å². The Bertz CT molecular complexity index is 569. The minimum absolute atomic E-state index is 0.0725. The third kappa shape index (κ3) is 3.79. The molecule has 0 radical (unpaired) electrons. The first-order chi connectivity index (χ1) is 9.01. The monoisotopic (exact) mass is 425 g/mol. The van der Waals surface area contributed by atoms with Crippen molar-refractivity contribution in [2.45, 2.75) is 12.5 Å². The molecule has 0 bridgehead atoms. The Labute approximate surface area is 137 Å². The molecule has 0 amide bonds. The molecule has 0 saturated heterocycles. The van der Waals surface area contributed by atoms with Crippen LogP contribution in [0.25, 0.3) is 0 Å². The second-order valence-corrected chi connectivity index (χ2v) is 7.74. The highest BCUT2D eigenvalue weighted by atomic mass is 79.9. The zero-order chi connectivity index (χ0) is 14.0. The number of hydrogen-bond acceptors (Lipinski definition) is 2. The Morgan fingerprint density at radius 2 is 2.11 bits per heavy atom. The first-order valence-electron chi connectivity index (χ1n) is 5.57. The average molecular weight is 428 g/mol. The van der Waals surface area contributed by atoms with Gasteiger partial charge in [0, 0.05) is 20.4 Å². The number of rotatable bonds is 4. The van der Waals surface area contributed by atoms with Crippen molar-refractivity contribution < 1.29 is 4.39 Å². The molecule has 0 saturated carbocycles. The predicted octanol–water partition coefficient (Wildman–Crippen LogP) is 5.57. The molecule has 0 fully saturated rings. The van der Waals surface area contributed by atoms with Gasteiger partial charge in [-0.05, 0) is 69.1 Å². The standard InChI is InChI=1S/C13H11Br2ClFNS/c1-18-11(12-6-9(14)13(15)19-12)4-7-2-3-8(16)5-10(7)17/h2-3,5-6,11,18H,4H2,1H3. The Morgan fingerprint density at radius 1 is 1.37 bits per heavy atom. The van der Waals surface area contributed by atoms with Crippen molar-refractivity contribution in [3.63, 3.8) is 0 Å². The zero-order valence-electron chi connectivity index (χ0n) is 10.0. The van der Waals surface area contributed by atoms with Gasteiger partial charge in [0.05, 0.1) is 3.79 Å². The third-order valence-electron chi connectivity index (χ3n) is 2.80. The Hall–Kier alpha value is 0.0600. The van der Waals surface area contributed by atoms with Crippen molar-refractivity contribution in [3.05, 3.63) is 53.8 Å². The summed E-state index contributed by atoms with van der Waals surface area (Å²) >= 11 is 14.3. The van der Waals surface area contributed by atoms with Crippen molar-refractivity contribution >= 4 is 54.8 Å². The number of hydrogen-bond donors (Lipinski definition) is 1. The summed E-state index contributed by atoms with van der Waals surface area (Å²) in [6.45, 7) is 0. The van der Waals surface area contributed by atoms with Crippen LogP contribution in [0.15, 0.2) is 32.5 Å². The SMILES string of the molecule is CNC(Cc1ccc(Cl)cc1F)c1cc(Br)c(Br)s1. The van der Waals surface area contributed by atoms with E-state index in [4.69, 9.17) is 11.6 Å². The van der Waals surface area contributed by atoms with Gasteiger partial charge in [-0.15, -0.1) is 11.3 Å². The molecule has 1 nitrogen and oxygen atoms in total. The average Bonchev–Trinajstić information content (AvgIpc) is 2.68. The van der Waals surface area contributed by atoms with E-state index < -0.39 is 0 Å². The van der Waals surface area contributed by atoms with Gasteiger partial charge >= 0.3 is 0 Å². The van der Waals surface area contributed by atoms with E-state index in [2.05, 4.69) is 37.2 Å². The fraction of sp³-hybridized carbons (Fsp3) is 0.231. The molecular formula is C13H11Br2ClFNS. The summed E-state index contributed by atoms with van der Waals surface area (Å²) in [5.41, 5.74) is 0.657. The first-order valence-corrected chi connectivity index (χ1v) is 8.35. The van der Waals surface area contributed by atoms with Gasteiger partial charge in [0.15, 0.2) is 0 Å². The van der Waals surface area contributed by atoms with Crippen LogP contribution in [0.3, 0.4) is 0 Å². The highest BCUT2D eigenvalue weighted by Gasteiger charge is 2.16.